The first kappa shape index (κ1) is 16.4. The summed E-state index contributed by atoms with van der Waals surface area (Å²) in [6.07, 6.45) is 4.97. The lowest BCUT2D eigenvalue weighted by Crippen LogP contribution is -2.44. The molecule has 2 aliphatic heterocycles. The monoisotopic (exact) mass is 333 g/mol. The van der Waals surface area contributed by atoms with Crippen LogP contribution in [0.4, 0.5) is 0 Å². The van der Waals surface area contributed by atoms with Crippen molar-refractivity contribution in [2.24, 2.45) is 5.41 Å². The first-order valence-corrected chi connectivity index (χ1v) is 8.60. The van der Waals surface area contributed by atoms with Crippen molar-refractivity contribution in [1.29, 1.82) is 0 Å². The lowest BCUT2D eigenvalue weighted by Gasteiger charge is -2.35. The summed E-state index contributed by atoms with van der Waals surface area (Å²) >= 11 is 6.08. The molecule has 3 rings (SSSR count). The molecule has 2 bridgehead atoms. The zero-order valence-corrected chi connectivity index (χ0v) is 14.8. The van der Waals surface area contributed by atoms with Gasteiger partial charge in [0.2, 0.25) is 0 Å². The van der Waals surface area contributed by atoms with Crippen molar-refractivity contribution in [3.63, 3.8) is 0 Å². The molecule has 2 aliphatic rings. The van der Waals surface area contributed by atoms with E-state index in [0.29, 0.717) is 0 Å². The van der Waals surface area contributed by atoms with Crippen molar-refractivity contribution in [2.75, 3.05) is 13.1 Å². The molecule has 124 valence electrons. The predicted molar refractivity (Wildman–Crippen MR) is 93.1 cm³/mol. The quantitative estimate of drug-likeness (QED) is 0.746. The molecular formula is C19H24ClNO2. The second-order valence-electron chi connectivity index (χ2n) is 7.72. The summed E-state index contributed by atoms with van der Waals surface area (Å²) in [7, 11) is 0. The SMILES string of the molecule is CC(C)(C)C(=O)OC12CCCN(C1)/C(=C/c1cccc(Cl)c1)C2. The Morgan fingerprint density at radius 2 is 2.17 bits per heavy atom. The summed E-state index contributed by atoms with van der Waals surface area (Å²) in [6, 6.07) is 7.85. The molecular weight excluding hydrogens is 310 g/mol. The van der Waals surface area contributed by atoms with Gasteiger partial charge in [-0.25, -0.2) is 0 Å². The number of piperidine rings is 1. The molecule has 0 spiro atoms. The zero-order chi connectivity index (χ0) is 16.7. The van der Waals surface area contributed by atoms with Gasteiger partial charge in [0.1, 0.15) is 5.60 Å². The standard InChI is InChI=1S/C19H24ClNO2/c1-18(2,3)17(22)23-19-8-5-9-21(13-19)16(12-19)11-14-6-4-7-15(20)10-14/h4,6-7,10-11H,5,8-9,12-13H2,1-3H3/b16-11+. The van der Waals surface area contributed by atoms with Crippen LogP contribution >= 0.6 is 11.6 Å². The third-order valence-electron chi connectivity index (χ3n) is 4.55. The van der Waals surface area contributed by atoms with Crippen molar-refractivity contribution < 1.29 is 9.53 Å². The van der Waals surface area contributed by atoms with E-state index in [1.54, 1.807) is 0 Å². The third-order valence-corrected chi connectivity index (χ3v) is 4.79. The number of halogens is 1. The Balaban J connectivity index is 1.82. The first-order chi connectivity index (χ1) is 10.8. The third kappa shape index (κ3) is 3.55. The minimum atomic E-state index is -0.462. The van der Waals surface area contributed by atoms with E-state index in [1.165, 1.54) is 5.70 Å². The summed E-state index contributed by atoms with van der Waals surface area (Å²) in [5.41, 5.74) is 1.52. The van der Waals surface area contributed by atoms with Crippen LogP contribution in [0.5, 0.6) is 0 Å². The van der Waals surface area contributed by atoms with Crippen molar-refractivity contribution in [1.82, 2.24) is 4.90 Å². The van der Waals surface area contributed by atoms with E-state index in [1.807, 2.05) is 39.0 Å². The van der Waals surface area contributed by atoms with Crippen LogP contribution in [0, 0.1) is 5.41 Å². The van der Waals surface area contributed by atoms with Gasteiger partial charge in [-0.05, 0) is 57.4 Å². The van der Waals surface area contributed by atoms with Gasteiger partial charge in [0.05, 0.1) is 12.0 Å². The van der Waals surface area contributed by atoms with E-state index in [2.05, 4.69) is 17.0 Å². The molecule has 2 heterocycles. The lowest BCUT2D eigenvalue weighted by atomic mass is 9.92. The van der Waals surface area contributed by atoms with Gasteiger partial charge in [0.25, 0.3) is 0 Å². The maximum atomic E-state index is 12.3. The van der Waals surface area contributed by atoms with E-state index < -0.39 is 5.41 Å². The average molecular weight is 334 g/mol. The van der Waals surface area contributed by atoms with Gasteiger partial charge >= 0.3 is 5.97 Å². The van der Waals surface area contributed by atoms with Crippen LogP contribution in [0.25, 0.3) is 6.08 Å². The molecule has 0 aliphatic carbocycles. The molecule has 1 unspecified atom stereocenters. The molecule has 23 heavy (non-hydrogen) atoms. The minimum Gasteiger partial charge on any atom is -0.456 e. The van der Waals surface area contributed by atoms with E-state index in [4.69, 9.17) is 16.3 Å². The second kappa shape index (κ2) is 5.86. The molecule has 1 atom stereocenters. The maximum Gasteiger partial charge on any atom is 0.311 e. The fourth-order valence-electron chi connectivity index (χ4n) is 3.33. The largest absolute Gasteiger partial charge is 0.456 e. The first-order valence-electron chi connectivity index (χ1n) is 8.22. The van der Waals surface area contributed by atoms with Crippen molar-refractivity contribution in [3.05, 3.63) is 40.5 Å². The Kier molecular flexibility index (Phi) is 4.18. The van der Waals surface area contributed by atoms with Gasteiger partial charge in [-0.2, -0.15) is 0 Å². The molecule has 1 aromatic rings. The highest BCUT2D eigenvalue weighted by atomic mass is 35.5. The van der Waals surface area contributed by atoms with Crippen LogP contribution in [0.15, 0.2) is 30.0 Å². The van der Waals surface area contributed by atoms with Crippen LogP contribution in [0.1, 0.15) is 45.6 Å². The Morgan fingerprint density at radius 3 is 2.87 bits per heavy atom. The topological polar surface area (TPSA) is 29.5 Å². The van der Waals surface area contributed by atoms with Crippen LogP contribution in [-0.4, -0.2) is 29.6 Å². The molecule has 1 aromatic carbocycles. The number of fused-ring (bicyclic) bond motifs is 2. The van der Waals surface area contributed by atoms with Gasteiger partial charge < -0.3 is 9.64 Å². The van der Waals surface area contributed by atoms with Gasteiger partial charge in [-0.1, -0.05) is 23.7 Å². The van der Waals surface area contributed by atoms with E-state index in [0.717, 1.165) is 42.9 Å². The Morgan fingerprint density at radius 1 is 1.39 bits per heavy atom. The van der Waals surface area contributed by atoms with Crippen LogP contribution in [-0.2, 0) is 9.53 Å². The van der Waals surface area contributed by atoms with Gasteiger partial charge in [-0.3, -0.25) is 4.79 Å². The average Bonchev–Trinajstić information content (AvgIpc) is 2.68. The summed E-state index contributed by atoms with van der Waals surface area (Å²) in [6.45, 7) is 7.56. The Labute approximate surface area is 143 Å². The van der Waals surface area contributed by atoms with Crippen molar-refractivity contribution >= 4 is 23.6 Å². The summed E-state index contributed by atoms with van der Waals surface area (Å²) in [4.78, 5) is 14.7. The highest BCUT2D eigenvalue weighted by Crippen LogP contribution is 2.42. The molecule has 0 radical (unpaired) electrons. The fourth-order valence-corrected chi connectivity index (χ4v) is 3.53. The number of rotatable bonds is 2. The van der Waals surface area contributed by atoms with E-state index in [9.17, 15) is 4.79 Å². The number of nitrogens with zero attached hydrogens (tertiary/aromatic N) is 1. The smallest absolute Gasteiger partial charge is 0.311 e. The van der Waals surface area contributed by atoms with E-state index in [-0.39, 0.29) is 11.6 Å². The summed E-state index contributed by atoms with van der Waals surface area (Å²) in [5.74, 6) is -0.108. The van der Waals surface area contributed by atoms with Crippen LogP contribution in [0.3, 0.4) is 0 Å². The number of benzene rings is 1. The predicted octanol–water partition coefficient (Wildman–Crippen LogP) is 4.51. The highest BCUT2D eigenvalue weighted by molar-refractivity contribution is 6.30. The second-order valence-corrected chi connectivity index (χ2v) is 8.15. The van der Waals surface area contributed by atoms with Crippen molar-refractivity contribution in [2.45, 2.75) is 45.6 Å². The maximum absolute atomic E-state index is 12.3. The molecule has 2 saturated heterocycles. The van der Waals surface area contributed by atoms with Gasteiger partial charge in [0, 0.05) is 23.7 Å². The molecule has 0 amide bonds. The molecule has 2 fully saturated rings. The number of carbonyl (C=O) groups excluding carboxylic acids is 1. The highest BCUT2D eigenvalue weighted by Gasteiger charge is 2.47. The summed E-state index contributed by atoms with van der Waals surface area (Å²) < 4.78 is 5.98. The molecule has 4 heteroatoms. The van der Waals surface area contributed by atoms with Gasteiger partial charge in [0.15, 0.2) is 0 Å². The van der Waals surface area contributed by atoms with Crippen LogP contribution < -0.4 is 0 Å². The van der Waals surface area contributed by atoms with Gasteiger partial charge in [-0.15, -0.1) is 0 Å². The Hall–Kier alpha value is -1.48. The van der Waals surface area contributed by atoms with Crippen molar-refractivity contribution in [3.8, 4) is 0 Å². The number of ether oxygens (including phenoxy) is 1. The molecule has 0 saturated carbocycles. The lowest BCUT2D eigenvalue weighted by molar-refractivity contribution is -0.170. The van der Waals surface area contributed by atoms with E-state index >= 15 is 0 Å². The molecule has 0 aromatic heterocycles. The molecule has 3 nitrogen and oxygen atoms in total. The number of hydrogen-bond acceptors (Lipinski definition) is 3. The number of esters is 1. The van der Waals surface area contributed by atoms with Crippen LogP contribution in [0.2, 0.25) is 5.02 Å². The minimum absolute atomic E-state index is 0.108. The summed E-state index contributed by atoms with van der Waals surface area (Å²) in [5, 5.41) is 0.740. The fraction of sp³-hybridized carbons (Fsp3) is 0.526. The molecule has 0 N–H and O–H groups in total. The zero-order valence-electron chi connectivity index (χ0n) is 14.1. The Bertz CT molecular complexity index is 647. The normalized spacial score (nSPS) is 25.7. The number of hydrogen-bond donors (Lipinski definition) is 0. The number of carbonyl (C=O) groups is 1.